The standard InChI is InChI=1S/C22H15N3O6S/c1-24-20(26)19(32-22(24)23-15-4-2-3-14(11-15)21(27)28)12-17-9-10-18(31-17)13-5-7-16(8-6-13)25(29)30/h2-12H,1H3,(H,27,28). The summed E-state index contributed by atoms with van der Waals surface area (Å²) in [5.41, 5.74) is 1.18. The van der Waals surface area contributed by atoms with Crippen molar-refractivity contribution in [3.63, 3.8) is 0 Å². The summed E-state index contributed by atoms with van der Waals surface area (Å²) in [7, 11) is 1.58. The molecule has 2 heterocycles. The number of carbonyl (C=O) groups is 2. The number of non-ortho nitro benzene ring substituents is 1. The number of nitrogens with zero attached hydrogens (tertiary/aromatic N) is 3. The summed E-state index contributed by atoms with van der Waals surface area (Å²) in [6.45, 7) is 0. The number of carboxylic acids is 1. The molecule has 0 atom stereocenters. The number of carbonyl (C=O) groups excluding carboxylic acids is 1. The van der Waals surface area contributed by atoms with Crippen LogP contribution in [0.2, 0.25) is 0 Å². The van der Waals surface area contributed by atoms with Crippen LogP contribution in [0.3, 0.4) is 0 Å². The maximum atomic E-state index is 12.6. The van der Waals surface area contributed by atoms with Crippen LogP contribution in [0.4, 0.5) is 11.4 Å². The second-order valence-corrected chi connectivity index (χ2v) is 7.74. The monoisotopic (exact) mass is 449 g/mol. The van der Waals surface area contributed by atoms with Crippen LogP contribution in [-0.2, 0) is 4.79 Å². The molecule has 1 fully saturated rings. The Morgan fingerprint density at radius 1 is 1.19 bits per heavy atom. The Labute approximate surface area is 185 Å². The van der Waals surface area contributed by atoms with Gasteiger partial charge in [0.25, 0.3) is 11.6 Å². The first-order valence-electron chi connectivity index (χ1n) is 9.26. The smallest absolute Gasteiger partial charge is 0.335 e. The van der Waals surface area contributed by atoms with Gasteiger partial charge in [-0.1, -0.05) is 6.07 Å². The number of hydrogen-bond acceptors (Lipinski definition) is 7. The van der Waals surface area contributed by atoms with Crippen molar-refractivity contribution in [3.8, 4) is 11.3 Å². The minimum absolute atomic E-state index is 0.0145. The van der Waals surface area contributed by atoms with Gasteiger partial charge in [-0.05, 0) is 54.2 Å². The summed E-state index contributed by atoms with van der Waals surface area (Å²) in [5, 5.41) is 20.3. The van der Waals surface area contributed by atoms with Crippen molar-refractivity contribution >= 4 is 46.3 Å². The van der Waals surface area contributed by atoms with Crippen LogP contribution < -0.4 is 0 Å². The summed E-state index contributed by atoms with van der Waals surface area (Å²) < 4.78 is 5.78. The summed E-state index contributed by atoms with van der Waals surface area (Å²) in [5.74, 6) is -0.374. The third-order valence-electron chi connectivity index (χ3n) is 4.58. The lowest BCUT2D eigenvalue weighted by atomic mass is 10.1. The second-order valence-electron chi connectivity index (χ2n) is 6.73. The van der Waals surface area contributed by atoms with E-state index in [-0.39, 0.29) is 17.2 Å². The number of thioether (sulfide) groups is 1. The molecule has 1 aliphatic rings. The van der Waals surface area contributed by atoms with Crippen LogP contribution >= 0.6 is 11.8 Å². The molecule has 2 aromatic carbocycles. The van der Waals surface area contributed by atoms with E-state index in [1.165, 1.54) is 29.2 Å². The van der Waals surface area contributed by atoms with E-state index in [1.807, 2.05) is 0 Å². The van der Waals surface area contributed by atoms with E-state index in [4.69, 9.17) is 9.52 Å². The van der Waals surface area contributed by atoms with Crippen LogP contribution in [0.1, 0.15) is 16.1 Å². The number of nitro benzene ring substituents is 1. The number of amides is 1. The van der Waals surface area contributed by atoms with Gasteiger partial charge in [0.15, 0.2) is 5.17 Å². The quantitative estimate of drug-likeness (QED) is 0.337. The van der Waals surface area contributed by atoms with E-state index in [0.29, 0.717) is 32.8 Å². The highest BCUT2D eigenvalue weighted by Crippen LogP contribution is 2.34. The Balaban J connectivity index is 1.56. The van der Waals surface area contributed by atoms with E-state index in [0.717, 1.165) is 11.8 Å². The van der Waals surface area contributed by atoms with Gasteiger partial charge in [-0.3, -0.25) is 19.8 Å². The molecule has 1 aromatic heterocycles. The van der Waals surface area contributed by atoms with E-state index >= 15 is 0 Å². The fraction of sp³-hybridized carbons (Fsp3) is 0.0455. The van der Waals surface area contributed by atoms with Gasteiger partial charge in [-0.25, -0.2) is 9.79 Å². The largest absolute Gasteiger partial charge is 0.478 e. The van der Waals surface area contributed by atoms with Crippen molar-refractivity contribution < 1.29 is 24.0 Å². The molecule has 1 aliphatic heterocycles. The highest BCUT2D eigenvalue weighted by molar-refractivity contribution is 8.18. The molecule has 10 heteroatoms. The highest BCUT2D eigenvalue weighted by Gasteiger charge is 2.30. The first-order chi connectivity index (χ1) is 15.3. The molecular formula is C22H15N3O6S. The molecule has 0 radical (unpaired) electrons. The molecule has 1 saturated heterocycles. The number of hydrogen-bond donors (Lipinski definition) is 1. The zero-order valence-electron chi connectivity index (χ0n) is 16.6. The number of amidine groups is 1. The Morgan fingerprint density at radius 2 is 1.94 bits per heavy atom. The molecule has 9 nitrogen and oxygen atoms in total. The topological polar surface area (TPSA) is 126 Å². The average molecular weight is 449 g/mol. The van der Waals surface area contributed by atoms with Gasteiger partial charge in [-0.15, -0.1) is 0 Å². The fourth-order valence-electron chi connectivity index (χ4n) is 2.93. The number of likely N-dealkylation sites (N-methyl/N-ethyl adjacent to an activating group) is 1. The first-order valence-corrected chi connectivity index (χ1v) is 10.1. The predicted molar refractivity (Wildman–Crippen MR) is 120 cm³/mol. The summed E-state index contributed by atoms with van der Waals surface area (Å²) in [4.78, 5) is 40.3. The Hall–Kier alpha value is -4.18. The molecule has 160 valence electrons. The number of aromatic carboxylic acids is 1. The second kappa shape index (κ2) is 8.52. The Bertz CT molecular complexity index is 1290. The molecule has 0 unspecified atom stereocenters. The van der Waals surface area contributed by atoms with Crippen LogP contribution in [0, 0.1) is 10.1 Å². The van der Waals surface area contributed by atoms with E-state index in [2.05, 4.69) is 4.99 Å². The van der Waals surface area contributed by atoms with Gasteiger partial charge in [0.05, 0.1) is 21.1 Å². The summed E-state index contributed by atoms with van der Waals surface area (Å²) in [6.07, 6.45) is 1.59. The average Bonchev–Trinajstić information content (AvgIpc) is 3.35. The van der Waals surface area contributed by atoms with Crippen molar-refractivity contribution in [1.29, 1.82) is 0 Å². The van der Waals surface area contributed by atoms with E-state index < -0.39 is 10.9 Å². The normalized spacial score (nSPS) is 16.2. The summed E-state index contributed by atoms with van der Waals surface area (Å²) >= 11 is 1.15. The van der Waals surface area contributed by atoms with Gasteiger partial charge >= 0.3 is 5.97 Å². The van der Waals surface area contributed by atoms with Crippen molar-refractivity contribution in [2.45, 2.75) is 0 Å². The molecule has 1 N–H and O–H groups in total. The Morgan fingerprint density at radius 3 is 2.62 bits per heavy atom. The lowest BCUT2D eigenvalue weighted by molar-refractivity contribution is -0.384. The van der Waals surface area contributed by atoms with Crippen molar-refractivity contribution in [3.05, 3.63) is 87.0 Å². The minimum atomic E-state index is -1.06. The zero-order chi connectivity index (χ0) is 22.8. The Kier molecular flexibility index (Phi) is 5.61. The fourth-order valence-corrected chi connectivity index (χ4v) is 3.90. The third kappa shape index (κ3) is 4.30. The van der Waals surface area contributed by atoms with E-state index in [9.17, 15) is 19.7 Å². The zero-order valence-corrected chi connectivity index (χ0v) is 17.4. The molecule has 32 heavy (non-hydrogen) atoms. The molecular weight excluding hydrogens is 434 g/mol. The van der Waals surface area contributed by atoms with Crippen molar-refractivity contribution in [2.75, 3.05) is 7.05 Å². The van der Waals surface area contributed by atoms with Gasteiger partial charge in [0, 0.05) is 30.8 Å². The van der Waals surface area contributed by atoms with Crippen molar-refractivity contribution in [2.24, 2.45) is 4.99 Å². The SMILES string of the molecule is CN1C(=O)C(=Cc2ccc(-c3ccc([N+](=O)[O-])cc3)o2)SC1=Nc1cccc(C(=O)O)c1. The van der Waals surface area contributed by atoms with Gasteiger partial charge < -0.3 is 9.52 Å². The number of aliphatic imine (C=N–C) groups is 1. The number of carboxylic acid groups (broad SMARTS) is 1. The molecule has 0 aliphatic carbocycles. The molecule has 1 amide bonds. The van der Waals surface area contributed by atoms with Gasteiger partial charge in [0.2, 0.25) is 0 Å². The van der Waals surface area contributed by atoms with Crippen molar-refractivity contribution in [1.82, 2.24) is 4.90 Å². The molecule has 4 rings (SSSR count). The summed E-state index contributed by atoms with van der Waals surface area (Å²) in [6, 6.07) is 15.5. The van der Waals surface area contributed by atoms with Crippen LogP contribution in [0.15, 0.2) is 75.0 Å². The predicted octanol–water partition coefficient (Wildman–Crippen LogP) is 4.79. The number of nitro groups is 1. The number of furan rings is 1. The molecule has 0 saturated carbocycles. The van der Waals surface area contributed by atoms with Crippen LogP contribution in [0.25, 0.3) is 17.4 Å². The van der Waals surface area contributed by atoms with Gasteiger partial charge in [-0.2, -0.15) is 0 Å². The maximum absolute atomic E-state index is 12.6. The maximum Gasteiger partial charge on any atom is 0.335 e. The molecule has 0 bridgehead atoms. The van der Waals surface area contributed by atoms with Gasteiger partial charge in [0.1, 0.15) is 11.5 Å². The lowest BCUT2D eigenvalue weighted by Gasteiger charge is -2.07. The highest BCUT2D eigenvalue weighted by atomic mass is 32.2. The first kappa shape index (κ1) is 21.1. The molecule has 0 spiro atoms. The third-order valence-corrected chi connectivity index (χ3v) is 5.64. The van der Waals surface area contributed by atoms with E-state index in [1.54, 1.807) is 49.5 Å². The van der Waals surface area contributed by atoms with Crippen LogP contribution in [-0.4, -0.2) is 39.0 Å². The number of benzene rings is 2. The van der Waals surface area contributed by atoms with Crippen LogP contribution in [0.5, 0.6) is 0 Å². The molecule has 3 aromatic rings. The minimum Gasteiger partial charge on any atom is -0.478 e. The number of rotatable bonds is 5. The lowest BCUT2D eigenvalue weighted by Crippen LogP contribution is -2.23.